The SMILES string of the molecule is CC(C)(C)NC(=O)CSc1nnc(-c2ccccc2F)n1CCc1ccccc1. The zero-order chi connectivity index (χ0) is 20.9. The maximum atomic E-state index is 14.4. The number of nitrogens with one attached hydrogen (secondary N) is 1. The molecule has 1 aromatic heterocycles. The Labute approximate surface area is 174 Å². The fourth-order valence-corrected chi connectivity index (χ4v) is 3.67. The number of nitrogens with zero attached hydrogens (tertiary/aromatic N) is 3. The smallest absolute Gasteiger partial charge is 0.230 e. The number of carbonyl (C=O) groups is 1. The van der Waals surface area contributed by atoms with Gasteiger partial charge in [-0.1, -0.05) is 54.2 Å². The van der Waals surface area contributed by atoms with Gasteiger partial charge in [-0.05, 0) is 44.9 Å². The summed E-state index contributed by atoms with van der Waals surface area (Å²) < 4.78 is 16.3. The van der Waals surface area contributed by atoms with Gasteiger partial charge in [0, 0.05) is 12.1 Å². The molecule has 0 saturated carbocycles. The number of halogens is 1. The van der Waals surface area contributed by atoms with Gasteiger partial charge in [0.25, 0.3) is 0 Å². The highest BCUT2D eigenvalue weighted by atomic mass is 32.2. The molecule has 0 radical (unpaired) electrons. The number of benzene rings is 2. The number of hydrogen-bond donors (Lipinski definition) is 1. The third-order valence-electron chi connectivity index (χ3n) is 4.15. The molecule has 5 nitrogen and oxygen atoms in total. The molecule has 29 heavy (non-hydrogen) atoms. The van der Waals surface area contributed by atoms with Gasteiger partial charge in [0.05, 0.1) is 11.3 Å². The van der Waals surface area contributed by atoms with Gasteiger partial charge in [-0.25, -0.2) is 4.39 Å². The molecule has 3 aromatic rings. The minimum atomic E-state index is -0.345. The van der Waals surface area contributed by atoms with Gasteiger partial charge in [-0.3, -0.25) is 4.79 Å². The predicted molar refractivity (Wildman–Crippen MR) is 114 cm³/mol. The van der Waals surface area contributed by atoms with Gasteiger partial charge < -0.3 is 9.88 Å². The number of hydrogen-bond acceptors (Lipinski definition) is 4. The summed E-state index contributed by atoms with van der Waals surface area (Å²) in [5.41, 5.74) is 1.28. The molecule has 7 heteroatoms. The Morgan fingerprint density at radius 2 is 1.76 bits per heavy atom. The first-order valence-electron chi connectivity index (χ1n) is 9.49. The highest BCUT2D eigenvalue weighted by molar-refractivity contribution is 7.99. The number of aryl methyl sites for hydroxylation is 1. The first kappa shape index (κ1) is 21.0. The van der Waals surface area contributed by atoms with Gasteiger partial charge in [-0.2, -0.15) is 0 Å². The molecule has 0 spiro atoms. The number of aromatic nitrogens is 3. The van der Waals surface area contributed by atoms with Crippen molar-refractivity contribution in [3.05, 3.63) is 66.0 Å². The summed E-state index contributed by atoms with van der Waals surface area (Å²) in [6.07, 6.45) is 0.752. The van der Waals surface area contributed by atoms with E-state index in [9.17, 15) is 9.18 Å². The Hall–Kier alpha value is -2.67. The zero-order valence-electron chi connectivity index (χ0n) is 16.9. The van der Waals surface area contributed by atoms with Crippen molar-refractivity contribution in [1.29, 1.82) is 0 Å². The summed E-state index contributed by atoms with van der Waals surface area (Å²) in [7, 11) is 0. The standard InChI is InChI=1S/C22H25FN4OS/c1-22(2,3)24-19(28)15-29-21-26-25-20(17-11-7-8-12-18(17)23)27(21)14-13-16-9-5-4-6-10-16/h4-12H,13-15H2,1-3H3,(H,24,28). The van der Waals surface area contributed by atoms with Crippen molar-refractivity contribution in [3.63, 3.8) is 0 Å². The Balaban J connectivity index is 1.83. The Bertz CT molecular complexity index is 966. The lowest BCUT2D eigenvalue weighted by atomic mass is 10.1. The van der Waals surface area contributed by atoms with Crippen molar-refractivity contribution in [1.82, 2.24) is 20.1 Å². The number of thioether (sulfide) groups is 1. The van der Waals surface area contributed by atoms with Crippen LogP contribution in [-0.4, -0.2) is 32.0 Å². The molecular formula is C22H25FN4OS. The highest BCUT2D eigenvalue weighted by Crippen LogP contribution is 2.26. The molecule has 0 unspecified atom stereocenters. The van der Waals surface area contributed by atoms with Crippen molar-refractivity contribution < 1.29 is 9.18 Å². The lowest BCUT2D eigenvalue weighted by Crippen LogP contribution is -2.41. The van der Waals surface area contributed by atoms with Crippen LogP contribution in [0.15, 0.2) is 59.8 Å². The van der Waals surface area contributed by atoms with Crippen LogP contribution >= 0.6 is 11.8 Å². The van der Waals surface area contributed by atoms with Gasteiger partial charge in [0.15, 0.2) is 11.0 Å². The molecule has 2 aromatic carbocycles. The Morgan fingerprint density at radius 1 is 1.07 bits per heavy atom. The lowest BCUT2D eigenvalue weighted by molar-refractivity contribution is -0.119. The first-order chi connectivity index (χ1) is 13.8. The molecule has 1 N–H and O–H groups in total. The third-order valence-corrected chi connectivity index (χ3v) is 5.11. The van der Waals surface area contributed by atoms with E-state index >= 15 is 0 Å². The van der Waals surface area contributed by atoms with Crippen LogP contribution < -0.4 is 5.32 Å². The first-order valence-corrected chi connectivity index (χ1v) is 10.5. The lowest BCUT2D eigenvalue weighted by Gasteiger charge is -2.20. The fourth-order valence-electron chi connectivity index (χ4n) is 2.91. The van der Waals surface area contributed by atoms with Crippen LogP contribution in [0.1, 0.15) is 26.3 Å². The van der Waals surface area contributed by atoms with E-state index in [1.165, 1.54) is 23.4 Å². The summed E-state index contributed by atoms with van der Waals surface area (Å²) >= 11 is 1.31. The second-order valence-corrected chi connectivity index (χ2v) is 8.70. The largest absolute Gasteiger partial charge is 0.351 e. The topological polar surface area (TPSA) is 59.8 Å². The summed E-state index contributed by atoms with van der Waals surface area (Å²) in [5.74, 6) is 0.270. The molecule has 1 amide bonds. The van der Waals surface area contributed by atoms with E-state index in [0.29, 0.717) is 23.1 Å². The van der Waals surface area contributed by atoms with E-state index < -0.39 is 0 Å². The molecule has 0 aliphatic carbocycles. The summed E-state index contributed by atoms with van der Waals surface area (Å²) in [4.78, 5) is 12.2. The van der Waals surface area contributed by atoms with Gasteiger partial charge in [0.1, 0.15) is 5.82 Å². The maximum absolute atomic E-state index is 14.4. The Morgan fingerprint density at radius 3 is 2.45 bits per heavy atom. The van der Waals surface area contributed by atoms with Crippen LogP contribution in [0.3, 0.4) is 0 Å². The quantitative estimate of drug-likeness (QED) is 0.587. The van der Waals surface area contributed by atoms with Crippen LogP contribution in [0.5, 0.6) is 0 Å². The number of amides is 1. The van der Waals surface area contributed by atoms with Crippen molar-refractivity contribution in [2.75, 3.05) is 5.75 Å². The average molecular weight is 413 g/mol. The van der Waals surface area contributed by atoms with Crippen LogP contribution in [0.4, 0.5) is 4.39 Å². The Kier molecular flexibility index (Phi) is 6.69. The van der Waals surface area contributed by atoms with Crippen LogP contribution in [0.2, 0.25) is 0 Å². The van der Waals surface area contributed by atoms with Crippen molar-refractivity contribution in [3.8, 4) is 11.4 Å². The molecule has 3 rings (SSSR count). The van der Waals surface area contributed by atoms with E-state index in [1.54, 1.807) is 18.2 Å². The molecule has 1 heterocycles. The van der Waals surface area contributed by atoms with E-state index in [-0.39, 0.29) is 23.0 Å². The van der Waals surface area contributed by atoms with E-state index in [0.717, 1.165) is 6.42 Å². The molecule has 0 aliphatic rings. The van der Waals surface area contributed by atoms with Crippen LogP contribution in [-0.2, 0) is 17.8 Å². The van der Waals surface area contributed by atoms with Gasteiger partial charge in [0.2, 0.25) is 5.91 Å². The number of rotatable bonds is 7. The van der Waals surface area contributed by atoms with Crippen molar-refractivity contribution >= 4 is 17.7 Å². The zero-order valence-corrected chi connectivity index (χ0v) is 17.7. The summed E-state index contributed by atoms with van der Waals surface area (Å²) in [5, 5.41) is 12.0. The fraction of sp³-hybridized carbons (Fsp3) is 0.318. The minimum Gasteiger partial charge on any atom is -0.351 e. The molecule has 0 aliphatic heterocycles. The summed E-state index contributed by atoms with van der Waals surface area (Å²) in [6, 6.07) is 16.6. The summed E-state index contributed by atoms with van der Waals surface area (Å²) in [6.45, 7) is 6.40. The monoisotopic (exact) mass is 412 g/mol. The molecule has 0 bridgehead atoms. The molecule has 0 saturated heterocycles. The second-order valence-electron chi connectivity index (χ2n) is 7.76. The number of carbonyl (C=O) groups excluding carboxylic acids is 1. The third kappa shape index (κ3) is 5.90. The molecule has 152 valence electrons. The van der Waals surface area contributed by atoms with Crippen LogP contribution in [0, 0.1) is 5.82 Å². The van der Waals surface area contributed by atoms with Crippen molar-refractivity contribution in [2.45, 2.75) is 44.4 Å². The predicted octanol–water partition coefficient (Wildman–Crippen LogP) is 4.33. The van der Waals surface area contributed by atoms with Crippen molar-refractivity contribution in [2.24, 2.45) is 0 Å². The van der Waals surface area contributed by atoms with Crippen LogP contribution in [0.25, 0.3) is 11.4 Å². The van der Waals surface area contributed by atoms with Gasteiger partial charge in [-0.15, -0.1) is 10.2 Å². The van der Waals surface area contributed by atoms with E-state index in [2.05, 4.69) is 27.6 Å². The molecular weight excluding hydrogens is 387 g/mol. The normalized spacial score (nSPS) is 11.4. The maximum Gasteiger partial charge on any atom is 0.230 e. The molecule has 0 fully saturated rings. The van der Waals surface area contributed by atoms with E-state index in [4.69, 9.17) is 0 Å². The highest BCUT2D eigenvalue weighted by Gasteiger charge is 2.19. The second kappa shape index (κ2) is 9.22. The average Bonchev–Trinajstić information content (AvgIpc) is 3.07. The van der Waals surface area contributed by atoms with Gasteiger partial charge >= 0.3 is 0 Å². The van der Waals surface area contributed by atoms with E-state index in [1.807, 2.05) is 43.5 Å². The minimum absolute atomic E-state index is 0.0763. The molecule has 0 atom stereocenters.